The van der Waals surface area contributed by atoms with Crippen molar-refractivity contribution in [2.75, 3.05) is 0 Å². The van der Waals surface area contributed by atoms with E-state index in [1.54, 1.807) is 47.2 Å². The highest BCUT2D eigenvalue weighted by atomic mass is 35.5. The van der Waals surface area contributed by atoms with Crippen molar-refractivity contribution >= 4 is 46.4 Å². The molecule has 2 N–H and O–H groups in total. The molecule has 0 aliphatic carbocycles. The molecule has 0 atom stereocenters. The monoisotopic (exact) mass is 449 g/mol. The number of pyridine rings is 3. The van der Waals surface area contributed by atoms with Gasteiger partial charge in [0, 0.05) is 30.6 Å². The maximum atomic E-state index is 11.0. The van der Waals surface area contributed by atoms with E-state index in [9.17, 15) is 10.2 Å². The number of benzene rings is 1. The summed E-state index contributed by atoms with van der Waals surface area (Å²) in [5, 5.41) is 30.2. The summed E-state index contributed by atoms with van der Waals surface area (Å²) in [4.78, 5) is 13.8. The molecule has 5 rings (SSSR count). The first kappa shape index (κ1) is 19.4. The summed E-state index contributed by atoms with van der Waals surface area (Å²) in [7, 11) is -3.09. The van der Waals surface area contributed by atoms with E-state index in [0.29, 0.717) is 32.4 Å². The predicted octanol–water partition coefficient (Wildman–Crippen LogP) is 2.44. The van der Waals surface area contributed by atoms with Crippen LogP contribution in [0.15, 0.2) is 79.3 Å². The van der Waals surface area contributed by atoms with E-state index in [1.807, 2.05) is 24.3 Å². The highest BCUT2D eigenvalue weighted by molar-refractivity contribution is 7.94. The molecule has 0 saturated carbocycles. The molecule has 0 spiro atoms. The lowest BCUT2D eigenvalue weighted by Crippen LogP contribution is -2.40. The number of halogens is 1. The van der Waals surface area contributed by atoms with Gasteiger partial charge in [-0.2, -0.15) is 0 Å². The molecule has 4 aromatic heterocycles. The molecule has 0 saturated heterocycles. The highest BCUT2D eigenvalue weighted by Crippen LogP contribution is 2.57. The molecule has 10 heteroatoms. The molecule has 152 valence electrons. The smallest absolute Gasteiger partial charge is 0.292 e. The van der Waals surface area contributed by atoms with Gasteiger partial charge in [0.2, 0.25) is 10.9 Å². The number of rotatable bonds is 4. The maximum Gasteiger partial charge on any atom is 0.292 e. The third-order valence-electron chi connectivity index (χ3n) is 4.80. The van der Waals surface area contributed by atoms with Crippen molar-refractivity contribution in [2.24, 2.45) is 0 Å². The Morgan fingerprint density at radius 3 is 2.13 bits per heavy atom. The van der Waals surface area contributed by atoms with Gasteiger partial charge in [-0.1, -0.05) is 34.3 Å². The van der Waals surface area contributed by atoms with E-state index in [-0.39, 0.29) is 11.5 Å². The summed E-state index contributed by atoms with van der Waals surface area (Å²) in [6.45, 7) is 0. The van der Waals surface area contributed by atoms with E-state index in [4.69, 9.17) is 11.6 Å². The van der Waals surface area contributed by atoms with Gasteiger partial charge in [0.05, 0.1) is 11.2 Å². The van der Waals surface area contributed by atoms with E-state index in [1.165, 1.54) is 12.3 Å². The van der Waals surface area contributed by atoms with Gasteiger partial charge in [-0.3, -0.25) is 0 Å². The van der Waals surface area contributed by atoms with Crippen LogP contribution in [0, 0.1) is 0 Å². The summed E-state index contributed by atoms with van der Waals surface area (Å²) >= 11 is 6.09. The van der Waals surface area contributed by atoms with Crippen LogP contribution in [0.1, 0.15) is 0 Å². The Morgan fingerprint density at radius 2 is 1.52 bits per heavy atom. The van der Waals surface area contributed by atoms with Crippen LogP contribution in [0.2, 0.25) is 5.02 Å². The molecule has 0 bridgehead atoms. The second-order valence-electron chi connectivity index (χ2n) is 6.63. The van der Waals surface area contributed by atoms with E-state index < -0.39 is 7.41 Å². The minimum atomic E-state index is -3.09. The minimum Gasteiger partial charge on any atom is -0.506 e. The second-order valence-corrected chi connectivity index (χ2v) is 10.1. The zero-order valence-corrected chi connectivity index (χ0v) is 17.6. The average Bonchev–Trinajstić information content (AvgIpc) is 3.23. The zero-order valence-electron chi connectivity index (χ0n) is 15.9. The lowest BCUT2D eigenvalue weighted by atomic mass is 10.3. The molecule has 1 aromatic carbocycles. The highest BCUT2D eigenvalue weighted by Gasteiger charge is 2.57. The number of nitrogens with zero attached hydrogens (tertiary/aromatic N) is 6. The van der Waals surface area contributed by atoms with Gasteiger partial charge in [-0.05, 0) is 29.5 Å². The predicted molar refractivity (Wildman–Crippen MR) is 120 cm³/mol. The quantitative estimate of drug-likeness (QED) is 0.405. The fraction of sp³-hybridized carbons (Fsp3) is 0. The SMILES string of the molecule is Oc1cc(Cl)cnc1[P+](c1ccccn1)(c1ccccn1)n1nnc2c(O)cccc21. The third kappa shape index (κ3) is 3.00. The Labute approximate surface area is 182 Å². The second kappa shape index (κ2) is 7.58. The lowest BCUT2D eigenvalue weighted by molar-refractivity contribution is 0.477. The first-order chi connectivity index (χ1) is 15.1. The molecule has 0 amide bonds. The van der Waals surface area contributed by atoms with Crippen molar-refractivity contribution in [1.29, 1.82) is 0 Å². The van der Waals surface area contributed by atoms with Crippen molar-refractivity contribution in [3.8, 4) is 11.5 Å². The van der Waals surface area contributed by atoms with Crippen LogP contribution in [0.3, 0.4) is 0 Å². The molecule has 0 radical (unpaired) electrons. The van der Waals surface area contributed by atoms with Crippen molar-refractivity contribution in [2.45, 2.75) is 0 Å². The lowest BCUT2D eigenvalue weighted by Gasteiger charge is -2.23. The summed E-state index contributed by atoms with van der Waals surface area (Å²) in [5.74, 6) is -0.113. The van der Waals surface area contributed by atoms with Crippen molar-refractivity contribution < 1.29 is 10.2 Å². The standard InChI is InChI=1S/C21H14ClN6O2P/c22-14-12-17(30)21(25-13-14)31(18-8-1-3-10-23-18,19-9-2-4-11-24-19)28-15-6-5-7-16(29)20(15)26-27-28/h1-13H,(H-,27,29,30)/p+1. The fourth-order valence-corrected chi connectivity index (χ4v) is 7.24. The minimum absolute atomic E-state index is 0.00261. The van der Waals surface area contributed by atoms with Gasteiger partial charge in [0.15, 0.2) is 11.3 Å². The number of hydrogen-bond acceptors (Lipinski definition) is 7. The molecule has 4 heterocycles. The van der Waals surface area contributed by atoms with Crippen LogP contribution in [-0.2, 0) is 0 Å². The number of fused-ring (bicyclic) bond motifs is 1. The van der Waals surface area contributed by atoms with E-state index >= 15 is 0 Å². The van der Waals surface area contributed by atoms with Gasteiger partial charge in [-0.25, -0.2) is 15.0 Å². The van der Waals surface area contributed by atoms with E-state index in [2.05, 4.69) is 25.3 Å². The molecule has 5 aromatic rings. The summed E-state index contributed by atoms with van der Waals surface area (Å²) in [6.07, 6.45) is 4.79. The first-order valence-electron chi connectivity index (χ1n) is 9.24. The number of hydrogen-bond donors (Lipinski definition) is 2. The number of phenols is 1. The number of aromatic hydroxyl groups is 2. The Kier molecular flexibility index (Phi) is 4.73. The van der Waals surface area contributed by atoms with Crippen molar-refractivity contribution in [3.63, 3.8) is 0 Å². The summed E-state index contributed by atoms with van der Waals surface area (Å²) in [5.41, 5.74) is 2.42. The number of phenolic OH excluding ortho intramolecular Hbond substituents is 1. The average molecular weight is 450 g/mol. The van der Waals surface area contributed by atoms with Crippen LogP contribution in [0.4, 0.5) is 0 Å². The van der Waals surface area contributed by atoms with Crippen LogP contribution < -0.4 is 16.3 Å². The number of aromatic nitrogens is 6. The molecular formula is C21H15ClN6O2P+. The summed E-state index contributed by atoms with van der Waals surface area (Å²) in [6, 6.07) is 17.5. The zero-order chi connectivity index (χ0) is 21.4. The molecule has 0 fully saturated rings. The molecule has 0 aliphatic heterocycles. The largest absolute Gasteiger partial charge is 0.506 e. The molecule has 0 aliphatic rings. The topological polar surface area (TPSA) is 110 Å². The van der Waals surface area contributed by atoms with Crippen molar-refractivity contribution in [1.82, 2.24) is 29.7 Å². The molecule has 0 unspecified atom stereocenters. The van der Waals surface area contributed by atoms with Gasteiger partial charge in [-0.15, -0.1) is 5.10 Å². The van der Waals surface area contributed by atoms with Crippen LogP contribution >= 0.6 is 19.0 Å². The van der Waals surface area contributed by atoms with Gasteiger partial charge >= 0.3 is 0 Å². The Bertz CT molecular complexity index is 1340. The Morgan fingerprint density at radius 1 is 0.806 bits per heavy atom. The van der Waals surface area contributed by atoms with Gasteiger partial charge in [0.1, 0.15) is 11.3 Å². The van der Waals surface area contributed by atoms with Crippen LogP contribution in [-0.4, -0.2) is 39.9 Å². The van der Waals surface area contributed by atoms with Crippen LogP contribution in [0.25, 0.3) is 11.0 Å². The van der Waals surface area contributed by atoms with Crippen LogP contribution in [0.5, 0.6) is 11.5 Å². The van der Waals surface area contributed by atoms with Gasteiger partial charge in [0.25, 0.3) is 12.8 Å². The Hall–Kier alpha value is -3.61. The normalized spacial score (nSPS) is 11.6. The molecule has 8 nitrogen and oxygen atoms in total. The van der Waals surface area contributed by atoms with E-state index in [0.717, 1.165) is 0 Å². The van der Waals surface area contributed by atoms with Crippen molar-refractivity contribution in [3.05, 3.63) is 84.3 Å². The van der Waals surface area contributed by atoms with Gasteiger partial charge < -0.3 is 10.2 Å². The fourth-order valence-electron chi connectivity index (χ4n) is 3.52. The molecule has 31 heavy (non-hydrogen) atoms. The molecular weight excluding hydrogens is 435 g/mol. The Balaban J connectivity index is 2.00. The summed E-state index contributed by atoms with van der Waals surface area (Å²) < 4.78 is 1.67. The third-order valence-corrected chi connectivity index (χ3v) is 8.69. The first-order valence-corrected chi connectivity index (χ1v) is 11.4. The maximum absolute atomic E-state index is 11.0.